The van der Waals surface area contributed by atoms with Crippen LogP contribution in [0.3, 0.4) is 0 Å². The first-order valence-electron chi connectivity index (χ1n) is 10.3. The van der Waals surface area contributed by atoms with E-state index in [4.69, 9.17) is 14.5 Å². The number of rotatable bonds is 6. The molecule has 0 aliphatic heterocycles. The minimum absolute atomic E-state index is 0. The molecule has 0 spiro atoms. The highest BCUT2D eigenvalue weighted by molar-refractivity contribution is 5.95. The molecule has 1 heterocycles. The lowest BCUT2D eigenvalue weighted by atomic mass is 9.91. The number of halogens is 1. The van der Waals surface area contributed by atoms with Crippen molar-refractivity contribution in [3.8, 4) is 11.5 Å². The first kappa shape index (κ1) is 22.7. The summed E-state index contributed by atoms with van der Waals surface area (Å²) in [6.45, 7) is 0. The Labute approximate surface area is 188 Å². The maximum atomic E-state index is 12.7. The van der Waals surface area contributed by atoms with Crippen LogP contribution in [0, 0.1) is 0 Å². The molecule has 0 bridgehead atoms. The second-order valence-electron chi connectivity index (χ2n) is 7.66. The third-order valence-corrected chi connectivity index (χ3v) is 5.63. The van der Waals surface area contributed by atoms with Crippen molar-refractivity contribution in [1.29, 1.82) is 0 Å². The number of amides is 1. The molecule has 3 aromatic rings. The van der Waals surface area contributed by atoms with Crippen LogP contribution in [0.4, 0.5) is 5.82 Å². The number of fused-ring (bicyclic) bond motifs is 1. The molecule has 164 valence electrons. The molecule has 1 fully saturated rings. The van der Waals surface area contributed by atoms with Gasteiger partial charge in [0.05, 0.1) is 19.7 Å². The van der Waals surface area contributed by atoms with Gasteiger partial charge < -0.3 is 20.1 Å². The van der Waals surface area contributed by atoms with Crippen molar-refractivity contribution in [2.75, 3.05) is 19.5 Å². The molecule has 4 rings (SSSR count). The first-order chi connectivity index (χ1) is 14.6. The summed E-state index contributed by atoms with van der Waals surface area (Å²) in [6, 6.07) is 18.0. The predicted octanol–water partition coefficient (Wildman–Crippen LogP) is 4.83. The number of ether oxygens (including phenoxy) is 2. The average Bonchev–Trinajstić information content (AvgIpc) is 2.79. The van der Waals surface area contributed by atoms with Crippen LogP contribution in [-0.4, -0.2) is 37.2 Å². The zero-order valence-corrected chi connectivity index (χ0v) is 18.6. The number of anilines is 1. The van der Waals surface area contributed by atoms with Gasteiger partial charge in [0.1, 0.15) is 17.3 Å². The molecule has 6 nitrogen and oxygen atoms in total. The van der Waals surface area contributed by atoms with Crippen LogP contribution < -0.4 is 20.1 Å². The molecule has 2 aromatic carbocycles. The summed E-state index contributed by atoms with van der Waals surface area (Å²) >= 11 is 0. The molecule has 2 N–H and O–H groups in total. The first-order valence-corrected chi connectivity index (χ1v) is 10.3. The maximum Gasteiger partial charge on any atom is 0.251 e. The van der Waals surface area contributed by atoms with Gasteiger partial charge in [0.25, 0.3) is 5.91 Å². The highest BCUT2D eigenvalue weighted by Crippen LogP contribution is 2.25. The topological polar surface area (TPSA) is 72.5 Å². The number of pyridine rings is 1. The van der Waals surface area contributed by atoms with Crippen molar-refractivity contribution in [3.63, 3.8) is 0 Å². The van der Waals surface area contributed by atoms with Gasteiger partial charge in [-0.3, -0.25) is 4.79 Å². The fourth-order valence-corrected chi connectivity index (χ4v) is 3.94. The summed E-state index contributed by atoms with van der Waals surface area (Å²) in [5.74, 6) is 2.02. The number of nitrogens with one attached hydrogen (secondary N) is 2. The number of aromatic nitrogens is 1. The second-order valence-corrected chi connectivity index (χ2v) is 7.66. The van der Waals surface area contributed by atoms with Crippen LogP contribution in [0.15, 0.2) is 54.6 Å². The largest absolute Gasteiger partial charge is 0.497 e. The fourth-order valence-electron chi connectivity index (χ4n) is 3.94. The number of para-hydroxylation sites is 1. The lowest BCUT2D eigenvalue weighted by molar-refractivity contribution is 0.0926. The molecule has 1 amide bonds. The van der Waals surface area contributed by atoms with Crippen LogP contribution in [0.25, 0.3) is 10.9 Å². The Hall–Kier alpha value is -2.99. The molecule has 1 aliphatic rings. The van der Waals surface area contributed by atoms with Crippen molar-refractivity contribution < 1.29 is 14.3 Å². The summed E-state index contributed by atoms with van der Waals surface area (Å²) in [7, 11) is 3.16. The SMILES string of the molecule is COc1cc(OC)cc(C(=O)NC2CCC(Nc3ccc4ccccc4n3)CC2)c1.Cl. The van der Waals surface area contributed by atoms with Crippen LogP contribution in [0.1, 0.15) is 36.0 Å². The summed E-state index contributed by atoms with van der Waals surface area (Å²) in [5.41, 5.74) is 1.55. The minimum Gasteiger partial charge on any atom is -0.497 e. The van der Waals surface area contributed by atoms with E-state index in [0.29, 0.717) is 23.1 Å². The lowest BCUT2D eigenvalue weighted by Crippen LogP contribution is -2.40. The van der Waals surface area contributed by atoms with Crippen molar-refractivity contribution >= 4 is 35.0 Å². The smallest absolute Gasteiger partial charge is 0.251 e. The highest BCUT2D eigenvalue weighted by atomic mass is 35.5. The Balaban J connectivity index is 0.00000272. The Morgan fingerprint density at radius 3 is 2.23 bits per heavy atom. The molecule has 0 saturated heterocycles. The fraction of sp³-hybridized carbons (Fsp3) is 0.333. The summed E-state index contributed by atoms with van der Waals surface area (Å²) in [5, 5.41) is 7.85. The van der Waals surface area contributed by atoms with Crippen LogP contribution in [0.2, 0.25) is 0 Å². The molecule has 1 saturated carbocycles. The van der Waals surface area contributed by atoms with E-state index in [0.717, 1.165) is 42.4 Å². The van der Waals surface area contributed by atoms with Crippen LogP contribution in [0.5, 0.6) is 11.5 Å². The maximum absolute atomic E-state index is 12.7. The van der Waals surface area contributed by atoms with Crippen molar-refractivity contribution in [3.05, 3.63) is 60.2 Å². The number of hydrogen-bond acceptors (Lipinski definition) is 5. The molecule has 31 heavy (non-hydrogen) atoms. The van der Waals surface area contributed by atoms with Crippen LogP contribution >= 0.6 is 12.4 Å². The standard InChI is InChI=1S/C24H27N3O3.ClH/c1-29-20-13-17(14-21(15-20)30-2)24(28)26-19-10-8-18(9-11-19)25-23-12-7-16-5-3-4-6-22(16)27-23;/h3-7,12-15,18-19H,8-11H2,1-2H3,(H,25,27)(H,26,28);1H. The molecular weight excluding hydrogens is 414 g/mol. The Morgan fingerprint density at radius 2 is 1.55 bits per heavy atom. The molecular formula is C24H28ClN3O3. The van der Waals surface area contributed by atoms with E-state index in [2.05, 4.69) is 22.8 Å². The number of carbonyl (C=O) groups is 1. The van der Waals surface area contributed by atoms with Crippen molar-refractivity contribution in [1.82, 2.24) is 10.3 Å². The number of methoxy groups -OCH3 is 2. The average molecular weight is 442 g/mol. The van der Waals surface area contributed by atoms with E-state index in [9.17, 15) is 4.79 Å². The quantitative estimate of drug-likeness (QED) is 0.573. The van der Waals surface area contributed by atoms with Crippen molar-refractivity contribution in [2.45, 2.75) is 37.8 Å². The van der Waals surface area contributed by atoms with Crippen molar-refractivity contribution in [2.24, 2.45) is 0 Å². The number of benzene rings is 2. The van der Waals surface area contributed by atoms with E-state index in [1.54, 1.807) is 32.4 Å². The summed E-state index contributed by atoms with van der Waals surface area (Å²) in [6.07, 6.45) is 3.83. The third-order valence-electron chi connectivity index (χ3n) is 5.63. The number of carbonyl (C=O) groups excluding carboxylic acids is 1. The van der Waals surface area contributed by atoms with Gasteiger partial charge in [-0.05, 0) is 56.0 Å². The Kier molecular flexibility index (Phi) is 7.58. The molecule has 0 unspecified atom stereocenters. The van der Waals surface area contributed by atoms with E-state index < -0.39 is 0 Å². The van der Waals surface area contributed by atoms with Gasteiger partial charge in [0, 0.05) is 29.1 Å². The summed E-state index contributed by atoms with van der Waals surface area (Å²) < 4.78 is 10.5. The molecule has 1 aromatic heterocycles. The lowest BCUT2D eigenvalue weighted by Gasteiger charge is -2.30. The number of hydrogen-bond donors (Lipinski definition) is 2. The summed E-state index contributed by atoms with van der Waals surface area (Å²) in [4.78, 5) is 17.4. The Bertz CT molecular complexity index is 1010. The Morgan fingerprint density at radius 1 is 0.903 bits per heavy atom. The monoisotopic (exact) mass is 441 g/mol. The third kappa shape index (κ3) is 5.58. The van der Waals surface area contributed by atoms with Gasteiger partial charge >= 0.3 is 0 Å². The second kappa shape index (κ2) is 10.4. The highest BCUT2D eigenvalue weighted by Gasteiger charge is 2.23. The molecule has 0 atom stereocenters. The van der Waals surface area contributed by atoms with Gasteiger partial charge in [-0.2, -0.15) is 0 Å². The molecule has 1 aliphatic carbocycles. The number of nitrogens with zero attached hydrogens (tertiary/aromatic N) is 1. The van der Waals surface area contributed by atoms with E-state index in [1.165, 1.54) is 0 Å². The zero-order chi connectivity index (χ0) is 20.9. The van der Waals surface area contributed by atoms with Gasteiger partial charge in [-0.25, -0.2) is 4.98 Å². The normalized spacial score (nSPS) is 18.0. The predicted molar refractivity (Wildman–Crippen MR) is 126 cm³/mol. The van der Waals surface area contributed by atoms with Gasteiger partial charge in [-0.1, -0.05) is 18.2 Å². The van der Waals surface area contributed by atoms with E-state index in [1.807, 2.05) is 24.3 Å². The molecule has 7 heteroatoms. The van der Waals surface area contributed by atoms with Gasteiger partial charge in [-0.15, -0.1) is 12.4 Å². The van der Waals surface area contributed by atoms with E-state index in [-0.39, 0.29) is 24.4 Å². The minimum atomic E-state index is -0.0974. The zero-order valence-electron chi connectivity index (χ0n) is 17.8. The van der Waals surface area contributed by atoms with Crippen LogP contribution in [-0.2, 0) is 0 Å². The van der Waals surface area contributed by atoms with Gasteiger partial charge in [0.15, 0.2) is 0 Å². The van der Waals surface area contributed by atoms with E-state index >= 15 is 0 Å². The molecule has 0 radical (unpaired) electrons. The van der Waals surface area contributed by atoms with Gasteiger partial charge in [0.2, 0.25) is 0 Å².